The van der Waals surface area contributed by atoms with Gasteiger partial charge in [-0.1, -0.05) is 0 Å². The minimum absolute atomic E-state index is 0.0505. The standard InChI is InChI=1S/C15H17N5O4/c1-9-6-11(8-17-18-15(16)21)10(2)19(9)13-5-4-12(20(22)23)7-14(13)24-3/h4-8H,1-3H3,(H3,16,18,21). The molecule has 0 aliphatic carbocycles. The SMILES string of the molecule is COc1cc([N+](=O)[O-])ccc1-n1c(C)cc(C=NNC(N)=O)c1C. The minimum Gasteiger partial charge on any atom is -0.494 e. The van der Waals surface area contributed by atoms with Crippen LogP contribution < -0.4 is 15.9 Å². The molecule has 0 spiro atoms. The third-order valence-electron chi connectivity index (χ3n) is 3.46. The molecule has 1 aromatic carbocycles. The Balaban J connectivity index is 2.49. The van der Waals surface area contributed by atoms with Crippen LogP contribution in [0.5, 0.6) is 5.75 Å². The second-order valence-electron chi connectivity index (χ2n) is 5.01. The Kier molecular flexibility index (Phi) is 4.83. The summed E-state index contributed by atoms with van der Waals surface area (Å²) < 4.78 is 7.17. The van der Waals surface area contributed by atoms with Crippen molar-refractivity contribution in [3.8, 4) is 11.4 Å². The number of aryl methyl sites for hydroxylation is 1. The highest BCUT2D eigenvalue weighted by Gasteiger charge is 2.16. The first-order valence-corrected chi connectivity index (χ1v) is 6.95. The van der Waals surface area contributed by atoms with Crippen molar-refractivity contribution in [2.24, 2.45) is 10.8 Å². The van der Waals surface area contributed by atoms with Crippen molar-refractivity contribution in [3.63, 3.8) is 0 Å². The van der Waals surface area contributed by atoms with Gasteiger partial charge in [-0.15, -0.1) is 0 Å². The molecule has 126 valence electrons. The van der Waals surface area contributed by atoms with Crippen molar-refractivity contribution in [2.45, 2.75) is 13.8 Å². The number of carbonyl (C=O) groups excluding carboxylic acids is 1. The molecule has 1 aromatic heterocycles. The second kappa shape index (κ2) is 6.82. The molecule has 0 saturated heterocycles. The Morgan fingerprint density at radius 1 is 1.42 bits per heavy atom. The lowest BCUT2D eigenvalue weighted by Gasteiger charge is -2.13. The van der Waals surface area contributed by atoms with E-state index >= 15 is 0 Å². The maximum atomic E-state index is 10.9. The number of urea groups is 1. The maximum absolute atomic E-state index is 10.9. The van der Waals surface area contributed by atoms with Crippen LogP contribution in [0, 0.1) is 24.0 Å². The summed E-state index contributed by atoms with van der Waals surface area (Å²) in [6.45, 7) is 3.74. The summed E-state index contributed by atoms with van der Waals surface area (Å²) in [5, 5.41) is 14.7. The molecule has 0 aliphatic heterocycles. The van der Waals surface area contributed by atoms with Crippen molar-refractivity contribution in [2.75, 3.05) is 7.11 Å². The number of benzene rings is 1. The van der Waals surface area contributed by atoms with Gasteiger partial charge in [-0.3, -0.25) is 10.1 Å². The first kappa shape index (κ1) is 17.0. The number of methoxy groups -OCH3 is 1. The smallest absolute Gasteiger partial charge is 0.332 e. The number of amides is 2. The number of nitrogens with two attached hydrogens (primary N) is 1. The van der Waals surface area contributed by atoms with Crippen LogP contribution >= 0.6 is 0 Å². The number of carbonyl (C=O) groups is 1. The lowest BCUT2D eigenvalue weighted by atomic mass is 10.2. The van der Waals surface area contributed by atoms with Crippen molar-refractivity contribution in [1.82, 2.24) is 9.99 Å². The van der Waals surface area contributed by atoms with Crippen LogP contribution in [0.3, 0.4) is 0 Å². The zero-order valence-electron chi connectivity index (χ0n) is 13.4. The van der Waals surface area contributed by atoms with Crippen LogP contribution in [0.15, 0.2) is 29.4 Å². The Hall–Kier alpha value is -3.36. The number of rotatable bonds is 5. The fourth-order valence-electron chi connectivity index (χ4n) is 2.42. The van der Waals surface area contributed by atoms with E-state index in [0.717, 1.165) is 17.0 Å². The van der Waals surface area contributed by atoms with E-state index in [4.69, 9.17) is 10.5 Å². The summed E-state index contributed by atoms with van der Waals surface area (Å²) >= 11 is 0. The highest BCUT2D eigenvalue weighted by Crippen LogP contribution is 2.31. The quantitative estimate of drug-likeness (QED) is 0.494. The molecule has 2 rings (SSSR count). The predicted molar refractivity (Wildman–Crippen MR) is 88.8 cm³/mol. The fraction of sp³-hybridized carbons (Fsp3) is 0.200. The number of primary amides is 1. The van der Waals surface area contributed by atoms with Crippen molar-refractivity contribution < 1.29 is 14.5 Å². The van der Waals surface area contributed by atoms with Gasteiger partial charge < -0.3 is 15.0 Å². The summed E-state index contributed by atoms with van der Waals surface area (Å²) in [6, 6.07) is 5.52. The van der Waals surface area contributed by atoms with E-state index < -0.39 is 11.0 Å². The third kappa shape index (κ3) is 3.35. The molecule has 9 heteroatoms. The number of ether oxygens (including phenoxy) is 1. The van der Waals surface area contributed by atoms with Crippen molar-refractivity contribution >= 4 is 17.9 Å². The molecule has 2 aromatic rings. The molecule has 9 nitrogen and oxygen atoms in total. The molecule has 1 heterocycles. The molecule has 0 saturated carbocycles. The highest BCUT2D eigenvalue weighted by molar-refractivity contribution is 5.83. The number of nitrogens with one attached hydrogen (secondary N) is 1. The summed E-state index contributed by atoms with van der Waals surface area (Å²) in [7, 11) is 1.45. The zero-order chi connectivity index (χ0) is 17.9. The average molecular weight is 331 g/mol. The molecule has 0 unspecified atom stereocenters. The Bertz CT molecular complexity index is 826. The van der Waals surface area contributed by atoms with E-state index in [9.17, 15) is 14.9 Å². The maximum Gasteiger partial charge on any atom is 0.332 e. The fourth-order valence-corrected chi connectivity index (χ4v) is 2.42. The van der Waals surface area contributed by atoms with Crippen LogP contribution in [0.1, 0.15) is 17.0 Å². The molecule has 0 aliphatic rings. The first-order valence-electron chi connectivity index (χ1n) is 6.95. The first-order chi connectivity index (χ1) is 11.3. The number of nitro benzene ring substituents is 1. The van der Waals surface area contributed by atoms with Crippen molar-refractivity contribution in [1.29, 1.82) is 0 Å². The van der Waals surface area contributed by atoms with Crippen LogP contribution in [0.4, 0.5) is 10.5 Å². The number of nitrogens with zero attached hydrogens (tertiary/aromatic N) is 3. The van der Waals surface area contributed by atoms with Crippen LogP contribution in [-0.4, -0.2) is 28.8 Å². The molecule has 0 fully saturated rings. The highest BCUT2D eigenvalue weighted by atomic mass is 16.6. The lowest BCUT2D eigenvalue weighted by molar-refractivity contribution is -0.384. The number of aromatic nitrogens is 1. The Morgan fingerprint density at radius 2 is 2.12 bits per heavy atom. The number of non-ortho nitro benzene ring substituents is 1. The van der Waals surface area contributed by atoms with Gasteiger partial charge in [-0.05, 0) is 26.0 Å². The van der Waals surface area contributed by atoms with Gasteiger partial charge in [0.25, 0.3) is 5.69 Å². The lowest BCUT2D eigenvalue weighted by Crippen LogP contribution is -2.24. The van der Waals surface area contributed by atoms with Gasteiger partial charge in [0, 0.05) is 23.0 Å². The van der Waals surface area contributed by atoms with Gasteiger partial charge in [0.15, 0.2) is 0 Å². The summed E-state index contributed by atoms with van der Waals surface area (Å²) in [5.74, 6) is 0.379. The van der Waals surface area contributed by atoms with E-state index in [0.29, 0.717) is 11.4 Å². The van der Waals surface area contributed by atoms with Gasteiger partial charge >= 0.3 is 6.03 Å². The van der Waals surface area contributed by atoms with Gasteiger partial charge in [-0.2, -0.15) is 5.10 Å². The number of hydrazone groups is 1. The predicted octanol–water partition coefficient (Wildman–Crippen LogP) is 2.01. The second-order valence-corrected chi connectivity index (χ2v) is 5.01. The molecule has 2 amide bonds. The van der Waals surface area contributed by atoms with Gasteiger partial charge in [-0.25, -0.2) is 10.2 Å². The number of hydrogen-bond donors (Lipinski definition) is 2. The summed E-state index contributed by atoms with van der Waals surface area (Å²) in [4.78, 5) is 21.1. The Labute approximate surface area is 137 Å². The van der Waals surface area contributed by atoms with E-state index in [1.54, 1.807) is 6.07 Å². The van der Waals surface area contributed by atoms with E-state index in [1.165, 1.54) is 25.5 Å². The number of nitro groups is 1. The van der Waals surface area contributed by atoms with Crippen LogP contribution in [0.2, 0.25) is 0 Å². The topological polar surface area (TPSA) is 125 Å². The van der Waals surface area contributed by atoms with E-state index in [2.05, 4.69) is 10.5 Å². The average Bonchev–Trinajstić information content (AvgIpc) is 2.80. The van der Waals surface area contributed by atoms with E-state index in [1.807, 2.05) is 24.5 Å². The molecule has 0 radical (unpaired) electrons. The summed E-state index contributed by atoms with van der Waals surface area (Å²) in [6.07, 6.45) is 1.47. The molecule has 24 heavy (non-hydrogen) atoms. The van der Waals surface area contributed by atoms with Gasteiger partial charge in [0.2, 0.25) is 0 Å². The molecular formula is C15H17N5O4. The molecular weight excluding hydrogens is 314 g/mol. The third-order valence-corrected chi connectivity index (χ3v) is 3.46. The van der Waals surface area contributed by atoms with Gasteiger partial charge in [0.05, 0.1) is 30.0 Å². The Morgan fingerprint density at radius 3 is 2.71 bits per heavy atom. The zero-order valence-corrected chi connectivity index (χ0v) is 13.4. The minimum atomic E-state index is -0.753. The van der Waals surface area contributed by atoms with Crippen LogP contribution in [-0.2, 0) is 0 Å². The molecule has 0 atom stereocenters. The number of hydrogen-bond acceptors (Lipinski definition) is 5. The normalized spacial score (nSPS) is 10.8. The largest absolute Gasteiger partial charge is 0.494 e. The van der Waals surface area contributed by atoms with Gasteiger partial charge in [0.1, 0.15) is 5.75 Å². The van der Waals surface area contributed by atoms with Crippen molar-refractivity contribution in [3.05, 3.63) is 51.3 Å². The molecule has 0 bridgehead atoms. The summed E-state index contributed by atoms with van der Waals surface area (Å²) in [5.41, 5.74) is 10.2. The molecule has 3 N–H and O–H groups in total. The monoisotopic (exact) mass is 331 g/mol. The van der Waals surface area contributed by atoms with E-state index in [-0.39, 0.29) is 5.69 Å². The van der Waals surface area contributed by atoms with Crippen LogP contribution in [0.25, 0.3) is 5.69 Å².